The molecule has 0 bridgehead atoms. The first kappa shape index (κ1) is 22.5. The summed E-state index contributed by atoms with van der Waals surface area (Å²) in [5.74, 6) is 2.24. The Kier molecular flexibility index (Phi) is 7.29. The van der Waals surface area contributed by atoms with Crippen LogP contribution in [-0.4, -0.2) is 51.3 Å². The number of ether oxygens (including phenoxy) is 2. The Balaban J connectivity index is 1.26. The molecule has 0 spiro atoms. The molecule has 0 saturated carbocycles. The van der Waals surface area contributed by atoms with Crippen LogP contribution in [0.2, 0.25) is 0 Å². The summed E-state index contributed by atoms with van der Waals surface area (Å²) in [5, 5.41) is 2.94. The number of pyridine rings is 1. The molecule has 2 heterocycles. The minimum Gasteiger partial charge on any atom is -0.493 e. The van der Waals surface area contributed by atoms with E-state index in [0.717, 1.165) is 37.6 Å². The Bertz CT molecular complexity index is 1050. The summed E-state index contributed by atoms with van der Waals surface area (Å²) < 4.78 is 10.6. The normalized spacial score (nSPS) is 13.5. The van der Waals surface area contributed by atoms with Gasteiger partial charge in [0.2, 0.25) is 5.91 Å². The monoisotopic (exact) mass is 446 g/mol. The van der Waals surface area contributed by atoms with Gasteiger partial charge in [-0.1, -0.05) is 24.3 Å². The molecule has 4 rings (SSSR count). The van der Waals surface area contributed by atoms with Gasteiger partial charge in [0.15, 0.2) is 11.5 Å². The molecular weight excluding hydrogens is 416 g/mol. The molecule has 7 nitrogen and oxygen atoms in total. The molecule has 1 fully saturated rings. The van der Waals surface area contributed by atoms with Crippen LogP contribution in [0.1, 0.15) is 12.0 Å². The maximum absolute atomic E-state index is 12.4. The van der Waals surface area contributed by atoms with Gasteiger partial charge in [-0.15, -0.1) is 0 Å². The topological polar surface area (TPSA) is 66.9 Å². The Morgan fingerprint density at radius 1 is 0.909 bits per heavy atom. The average Bonchev–Trinajstić information content (AvgIpc) is 2.88. The van der Waals surface area contributed by atoms with E-state index < -0.39 is 0 Å². The summed E-state index contributed by atoms with van der Waals surface area (Å²) in [4.78, 5) is 21.7. The summed E-state index contributed by atoms with van der Waals surface area (Å²) >= 11 is 0. The number of carbonyl (C=O) groups excluding carboxylic acids is 1. The van der Waals surface area contributed by atoms with Crippen LogP contribution in [-0.2, 0) is 11.2 Å². The van der Waals surface area contributed by atoms with Crippen molar-refractivity contribution in [2.24, 2.45) is 0 Å². The molecule has 1 saturated heterocycles. The Hall–Kier alpha value is -3.74. The maximum atomic E-state index is 12.4. The number of nitrogens with one attached hydrogen (secondary N) is 1. The van der Waals surface area contributed by atoms with E-state index in [0.29, 0.717) is 30.0 Å². The minimum atomic E-state index is -0.0455. The fraction of sp³-hybridized carbons (Fsp3) is 0.308. The minimum absolute atomic E-state index is 0.0455. The highest BCUT2D eigenvalue weighted by Gasteiger charge is 2.18. The van der Waals surface area contributed by atoms with Crippen molar-refractivity contribution in [1.29, 1.82) is 0 Å². The predicted octanol–water partition coefficient (Wildman–Crippen LogP) is 4.00. The van der Waals surface area contributed by atoms with Crippen LogP contribution in [0.25, 0.3) is 0 Å². The second-order valence-corrected chi connectivity index (χ2v) is 7.95. The van der Waals surface area contributed by atoms with Crippen LogP contribution in [0.4, 0.5) is 17.2 Å². The van der Waals surface area contributed by atoms with Crippen molar-refractivity contribution in [3.8, 4) is 11.5 Å². The van der Waals surface area contributed by atoms with Crippen molar-refractivity contribution in [1.82, 2.24) is 4.98 Å². The predicted molar refractivity (Wildman–Crippen MR) is 132 cm³/mol. The number of aromatic nitrogens is 1. The van der Waals surface area contributed by atoms with Crippen LogP contribution >= 0.6 is 0 Å². The van der Waals surface area contributed by atoms with Gasteiger partial charge >= 0.3 is 0 Å². The molecule has 1 aromatic heterocycles. The van der Waals surface area contributed by atoms with E-state index >= 15 is 0 Å². The van der Waals surface area contributed by atoms with E-state index in [1.807, 2.05) is 36.4 Å². The van der Waals surface area contributed by atoms with Crippen LogP contribution < -0.4 is 24.6 Å². The average molecular weight is 447 g/mol. The van der Waals surface area contributed by atoms with Crippen LogP contribution in [0, 0.1) is 0 Å². The molecule has 0 atom stereocenters. The lowest BCUT2D eigenvalue weighted by Crippen LogP contribution is -2.46. The Morgan fingerprint density at radius 3 is 2.30 bits per heavy atom. The molecule has 172 valence electrons. The van der Waals surface area contributed by atoms with Gasteiger partial charge in [-0.05, 0) is 48.4 Å². The van der Waals surface area contributed by atoms with Gasteiger partial charge in [0.1, 0.15) is 5.82 Å². The molecule has 3 aromatic rings. The van der Waals surface area contributed by atoms with Gasteiger partial charge in [-0.2, -0.15) is 0 Å². The first-order valence-corrected chi connectivity index (χ1v) is 11.2. The van der Waals surface area contributed by atoms with Gasteiger partial charge in [0.05, 0.1) is 26.1 Å². The SMILES string of the molecule is COc1ccc(CCC(=O)Nc2ccc(N3CCN(c4ccccc4)CC3)nc2)cc1OC. The molecule has 1 N–H and O–H groups in total. The molecule has 7 heteroatoms. The molecule has 1 aliphatic heterocycles. The van der Waals surface area contributed by atoms with Gasteiger partial charge in [0.25, 0.3) is 0 Å². The molecular formula is C26H30N4O3. The molecule has 1 aliphatic rings. The van der Waals surface area contributed by atoms with E-state index in [-0.39, 0.29) is 5.91 Å². The molecule has 33 heavy (non-hydrogen) atoms. The Labute approximate surface area is 195 Å². The number of hydrogen-bond acceptors (Lipinski definition) is 6. The number of nitrogens with zero attached hydrogens (tertiary/aromatic N) is 3. The second-order valence-electron chi connectivity index (χ2n) is 7.95. The highest BCUT2D eigenvalue weighted by Crippen LogP contribution is 2.28. The zero-order valence-electron chi connectivity index (χ0n) is 19.2. The van der Waals surface area contributed by atoms with E-state index in [4.69, 9.17) is 9.47 Å². The smallest absolute Gasteiger partial charge is 0.224 e. The second kappa shape index (κ2) is 10.7. The van der Waals surface area contributed by atoms with Crippen molar-refractivity contribution < 1.29 is 14.3 Å². The first-order chi connectivity index (χ1) is 16.2. The summed E-state index contributed by atoms with van der Waals surface area (Å²) in [5.41, 5.74) is 2.99. The highest BCUT2D eigenvalue weighted by atomic mass is 16.5. The fourth-order valence-electron chi connectivity index (χ4n) is 4.00. The number of piperazine rings is 1. The maximum Gasteiger partial charge on any atom is 0.224 e. The molecule has 2 aromatic carbocycles. The van der Waals surface area contributed by atoms with Crippen molar-refractivity contribution >= 4 is 23.1 Å². The summed E-state index contributed by atoms with van der Waals surface area (Å²) in [6.07, 6.45) is 2.72. The van der Waals surface area contributed by atoms with Crippen molar-refractivity contribution in [3.63, 3.8) is 0 Å². The number of para-hydroxylation sites is 1. The van der Waals surface area contributed by atoms with Gasteiger partial charge < -0.3 is 24.6 Å². The number of carbonyl (C=O) groups is 1. The lowest BCUT2D eigenvalue weighted by Gasteiger charge is -2.36. The number of amides is 1. The van der Waals surface area contributed by atoms with E-state index in [2.05, 4.69) is 44.4 Å². The summed E-state index contributed by atoms with van der Waals surface area (Å²) in [6, 6.07) is 20.1. The quantitative estimate of drug-likeness (QED) is 0.564. The number of anilines is 3. The highest BCUT2D eigenvalue weighted by molar-refractivity contribution is 5.90. The fourth-order valence-corrected chi connectivity index (χ4v) is 4.00. The van der Waals surface area contributed by atoms with Crippen molar-refractivity contribution in [3.05, 3.63) is 72.4 Å². The van der Waals surface area contributed by atoms with Crippen molar-refractivity contribution in [2.45, 2.75) is 12.8 Å². The summed E-state index contributed by atoms with van der Waals surface area (Å²) in [6.45, 7) is 3.75. The Morgan fingerprint density at radius 2 is 1.64 bits per heavy atom. The third-order valence-corrected chi connectivity index (χ3v) is 5.85. The number of benzene rings is 2. The van der Waals surface area contributed by atoms with Crippen LogP contribution in [0.5, 0.6) is 11.5 Å². The van der Waals surface area contributed by atoms with Gasteiger partial charge in [-0.3, -0.25) is 4.79 Å². The largest absolute Gasteiger partial charge is 0.493 e. The van der Waals surface area contributed by atoms with E-state index in [9.17, 15) is 4.79 Å². The van der Waals surface area contributed by atoms with Crippen LogP contribution in [0.15, 0.2) is 66.9 Å². The molecule has 0 aliphatic carbocycles. The number of methoxy groups -OCH3 is 2. The van der Waals surface area contributed by atoms with E-state index in [1.165, 1.54) is 5.69 Å². The number of rotatable bonds is 8. The molecule has 1 amide bonds. The zero-order chi connectivity index (χ0) is 23.0. The third-order valence-electron chi connectivity index (χ3n) is 5.85. The lowest BCUT2D eigenvalue weighted by molar-refractivity contribution is -0.116. The van der Waals surface area contributed by atoms with Crippen molar-refractivity contribution in [2.75, 3.05) is 55.5 Å². The van der Waals surface area contributed by atoms with E-state index in [1.54, 1.807) is 20.4 Å². The third kappa shape index (κ3) is 5.74. The van der Waals surface area contributed by atoms with Gasteiger partial charge in [-0.25, -0.2) is 4.98 Å². The van der Waals surface area contributed by atoms with Gasteiger partial charge in [0, 0.05) is 38.3 Å². The number of aryl methyl sites for hydroxylation is 1. The molecule has 0 unspecified atom stereocenters. The number of hydrogen-bond donors (Lipinski definition) is 1. The lowest BCUT2D eigenvalue weighted by atomic mass is 10.1. The standard InChI is InChI=1S/C26H30N4O3/c1-32-23-11-8-20(18-24(23)33-2)9-13-26(31)28-21-10-12-25(27-19-21)30-16-14-29(15-17-30)22-6-4-3-5-7-22/h3-8,10-12,18-19H,9,13-17H2,1-2H3,(H,28,31). The van der Waals surface area contributed by atoms with Crippen LogP contribution in [0.3, 0.4) is 0 Å². The zero-order valence-corrected chi connectivity index (χ0v) is 19.2. The summed E-state index contributed by atoms with van der Waals surface area (Å²) in [7, 11) is 3.21. The first-order valence-electron chi connectivity index (χ1n) is 11.2. The molecule has 0 radical (unpaired) electrons.